The van der Waals surface area contributed by atoms with Crippen LogP contribution in [0.4, 0.5) is 0 Å². The van der Waals surface area contributed by atoms with Crippen molar-refractivity contribution in [2.75, 3.05) is 6.61 Å². The number of rotatable bonds is 4. The third-order valence-electron chi connectivity index (χ3n) is 2.33. The molecule has 12 heavy (non-hydrogen) atoms. The molecule has 3 unspecified atom stereocenters. The zero-order chi connectivity index (χ0) is 8.97. The summed E-state index contributed by atoms with van der Waals surface area (Å²) in [5.74, 6) is 0.679. The van der Waals surface area contributed by atoms with Crippen molar-refractivity contribution < 1.29 is 9.47 Å². The molecule has 1 aliphatic heterocycles. The topological polar surface area (TPSA) is 18.5 Å². The summed E-state index contributed by atoms with van der Waals surface area (Å²) in [6, 6.07) is 0. The van der Waals surface area contributed by atoms with Gasteiger partial charge in [-0.2, -0.15) is 0 Å². The largest absolute Gasteiger partial charge is 0.350 e. The van der Waals surface area contributed by atoms with E-state index in [-0.39, 0.29) is 12.4 Å². The van der Waals surface area contributed by atoms with Crippen LogP contribution in [0.5, 0.6) is 0 Å². The van der Waals surface area contributed by atoms with Gasteiger partial charge in [0.2, 0.25) is 0 Å². The lowest BCUT2D eigenvalue weighted by Crippen LogP contribution is -2.13. The second-order valence-electron chi connectivity index (χ2n) is 3.42. The molecule has 1 saturated heterocycles. The fourth-order valence-electron chi connectivity index (χ4n) is 1.22. The maximum Gasteiger partial charge on any atom is 0.158 e. The average molecular weight is 170 g/mol. The van der Waals surface area contributed by atoms with Crippen molar-refractivity contribution in [1.82, 2.24) is 0 Å². The van der Waals surface area contributed by atoms with Gasteiger partial charge in [0.05, 0.1) is 6.61 Å². The Morgan fingerprint density at radius 3 is 2.92 bits per heavy atom. The van der Waals surface area contributed by atoms with Gasteiger partial charge in [0, 0.05) is 6.42 Å². The summed E-state index contributed by atoms with van der Waals surface area (Å²) in [6.45, 7) is 8.74. The second kappa shape index (κ2) is 4.63. The minimum Gasteiger partial charge on any atom is -0.350 e. The van der Waals surface area contributed by atoms with E-state index in [9.17, 15) is 0 Å². The first kappa shape index (κ1) is 9.75. The summed E-state index contributed by atoms with van der Waals surface area (Å²) in [5, 5.41) is 0. The van der Waals surface area contributed by atoms with Crippen molar-refractivity contribution in [2.45, 2.75) is 39.1 Å². The molecule has 0 bridgehead atoms. The highest BCUT2D eigenvalue weighted by Gasteiger charge is 2.24. The SMILES string of the molecule is C=CC1COC(CC(C)CC)O1. The molecular weight excluding hydrogens is 152 g/mol. The van der Waals surface area contributed by atoms with Crippen LogP contribution >= 0.6 is 0 Å². The summed E-state index contributed by atoms with van der Waals surface area (Å²) in [6.07, 6.45) is 4.10. The molecule has 0 aromatic heterocycles. The number of hydrogen-bond acceptors (Lipinski definition) is 2. The fourth-order valence-corrected chi connectivity index (χ4v) is 1.22. The molecule has 1 fully saturated rings. The molecule has 0 amide bonds. The zero-order valence-corrected chi connectivity index (χ0v) is 7.95. The monoisotopic (exact) mass is 170 g/mol. The van der Waals surface area contributed by atoms with Crippen molar-refractivity contribution >= 4 is 0 Å². The smallest absolute Gasteiger partial charge is 0.158 e. The molecule has 0 spiro atoms. The van der Waals surface area contributed by atoms with Crippen molar-refractivity contribution in [3.63, 3.8) is 0 Å². The van der Waals surface area contributed by atoms with Gasteiger partial charge in [-0.05, 0) is 5.92 Å². The molecule has 3 atom stereocenters. The van der Waals surface area contributed by atoms with E-state index in [0.717, 1.165) is 6.42 Å². The minimum absolute atomic E-state index is 0.00273. The summed E-state index contributed by atoms with van der Waals surface area (Å²) >= 11 is 0. The van der Waals surface area contributed by atoms with Gasteiger partial charge < -0.3 is 9.47 Å². The lowest BCUT2D eigenvalue weighted by molar-refractivity contribution is -0.0641. The highest BCUT2D eigenvalue weighted by Crippen LogP contribution is 2.20. The van der Waals surface area contributed by atoms with Crippen LogP contribution in [0.25, 0.3) is 0 Å². The predicted octanol–water partition coefficient (Wildman–Crippen LogP) is 2.35. The molecule has 0 aromatic carbocycles. The lowest BCUT2D eigenvalue weighted by atomic mass is 10.1. The Morgan fingerprint density at radius 2 is 2.42 bits per heavy atom. The van der Waals surface area contributed by atoms with Crippen LogP contribution in [0.15, 0.2) is 12.7 Å². The molecule has 0 aromatic rings. The van der Waals surface area contributed by atoms with E-state index < -0.39 is 0 Å². The molecule has 2 nitrogen and oxygen atoms in total. The Kier molecular flexibility index (Phi) is 3.76. The summed E-state index contributed by atoms with van der Waals surface area (Å²) in [7, 11) is 0. The van der Waals surface area contributed by atoms with E-state index >= 15 is 0 Å². The van der Waals surface area contributed by atoms with Crippen molar-refractivity contribution in [3.05, 3.63) is 12.7 Å². The van der Waals surface area contributed by atoms with Gasteiger partial charge in [-0.1, -0.05) is 26.3 Å². The molecule has 1 rings (SSSR count). The number of ether oxygens (including phenoxy) is 2. The molecule has 70 valence electrons. The standard InChI is InChI=1S/C10H18O2/c1-4-8(3)6-10-11-7-9(5-2)12-10/h5,8-10H,2,4,6-7H2,1,3H3. The fraction of sp³-hybridized carbons (Fsp3) is 0.800. The molecule has 0 N–H and O–H groups in total. The molecule has 0 aliphatic carbocycles. The maximum atomic E-state index is 5.54. The Morgan fingerprint density at radius 1 is 1.67 bits per heavy atom. The van der Waals surface area contributed by atoms with E-state index in [1.807, 2.05) is 0 Å². The van der Waals surface area contributed by atoms with Gasteiger partial charge in [0.15, 0.2) is 6.29 Å². The van der Waals surface area contributed by atoms with Gasteiger partial charge in [-0.15, -0.1) is 6.58 Å². The van der Waals surface area contributed by atoms with Gasteiger partial charge in [0.1, 0.15) is 6.10 Å². The van der Waals surface area contributed by atoms with Crippen molar-refractivity contribution in [2.24, 2.45) is 5.92 Å². The normalized spacial score (nSPS) is 31.8. The third-order valence-corrected chi connectivity index (χ3v) is 2.33. The Balaban J connectivity index is 2.23. The van der Waals surface area contributed by atoms with Gasteiger partial charge >= 0.3 is 0 Å². The van der Waals surface area contributed by atoms with Crippen LogP contribution < -0.4 is 0 Å². The first-order valence-corrected chi connectivity index (χ1v) is 4.65. The summed E-state index contributed by atoms with van der Waals surface area (Å²) in [5.41, 5.74) is 0. The van der Waals surface area contributed by atoms with Gasteiger partial charge in [-0.25, -0.2) is 0 Å². The first-order valence-electron chi connectivity index (χ1n) is 4.65. The molecular formula is C10H18O2. The van der Waals surface area contributed by atoms with Crippen LogP contribution in [-0.4, -0.2) is 19.0 Å². The molecule has 2 heteroatoms. The molecule has 0 radical (unpaired) electrons. The Bertz CT molecular complexity index is 145. The second-order valence-corrected chi connectivity index (χ2v) is 3.42. The van der Waals surface area contributed by atoms with Crippen molar-refractivity contribution in [3.8, 4) is 0 Å². The van der Waals surface area contributed by atoms with Crippen LogP contribution in [0.1, 0.15) is 26.7 Å². The molecule has 1 heterocycles. The van der Waals surface area contributed by atoms with Crippen LogP contribution in [-0.2, 0) is 9.47 Å². The van der Waals surface area contributed by atoms with Crippen LogP contribution in [0, 0.1) is 5.92 Å². The Labute approximate surface area is 74.6 Å². The van der Waals surface area contributed by atoms with E-state index in [1.54, 1.807) is 6.08 Å². The van der Waals surface area contributed by atoms with E-state index in [0.29, 0.717) is 12.5 Å². The van der Waals surface area contributed by atoms with E-state index in [2.05, 4.69) is 20.4 Å². The van der Waals surface area contributed by atoms with E-state index in [1.165, 1.54) is 6.42 Å². The molecule has 0 saturated carbocycles. The third kappa shape index (κ3) is 2.61. The zero-order valence-electron chi connectivity index (χ0n) is 7.95. The maximum absolute atomic E-state index is 5.54. The van der Waals surface area contributed by atoms with Gasteiger partial charge in [-0.3, -0.25) is 0 Å². The minimum atomic E-state index is 0.00273. The summed E-state index contributed by atoms with van der Waals surface area (Å²) < 4.78 is 11.0. The lowest BCUT2D eigenvalue weighted by Gasteiger charge is -2.13. The predicted molar refractivity (Wildman–Crippen MR) is 48.9 cm³/mol. The molecule has 1 aliphatic rings. The van der Waals surface area contributed by atoms with Crippen LogP contribution in [0.2, 0.25) is 0 Å². The van der Waals surface area contributed by atoms with E-state index in [4.69, 9.17) is 9.47 Å². The highest BCUT2D eigenvalue weighted by molar-refractivity contribution is 4.83. The average Bonchev–Trinajstić information content (AvgIpc) is 2.52. The van der Waals surface area contributed by atoms with Crippen molar-refractivity contribution in [1.29, 1.82) is 0 Å². The van der Waals surface area contributed by atoms with Crippen LogP contribution in [0.3, 0.4) is 0 Å². The quantitative estimate of drug-likeness (QED) is 0.603. The Hall–Kier alpha value is -0.340. The number of hydrogen-bond donors (Lipinski definition) is 0. The highest BCUT2D eigenvalue weighted by atomic mass is 16.7. The summed E-state index contributed by atoms with van der Waals surface area (Å²) in [4.78, 5) is 0. The van der Waals surface area contributed by atoms with Gasteiger partial charge in [0.25, 0.3) is 0 Å². The first-order chi connectivity index (χ1) is 5.76.